The Morgan fingerprint density at radius 2 is 0.554 bits per heavy atom. The van der Waals surface area contributed by atoms with Crippen molar-refractivity contribution < 1.29 is 0 Å². The molecule has 0 rings (SSSR count). The van der Waals surface area contributed by atoms with Crippen LogP contribution in [0.2, 0.25) is 39.3 Å². The number of nitrogens with zero attached hydrogens (tertiary/aromatic N) is 10. The Bertz CT molecular complexity index is 1220. The Labute approximate surface area is 609 Å². The fourth-order valence-corrected chi connectivity index (χ4v) is 18.5. The van der Waals surface area contributed by atoms with E-state index in [1.165, 1.54) is 0 Å². The molecule has 0 radical (unpaired) electrons. The van der Waals surface area contributed by atoms with Crippen LogP contribution in [0.25, 0.3) is 21.3 Å². The summed E-state index contributed by atoms with van der Waals surface area (Å²) < 4.78 is 3.74. The first-order chi connectivity index (χ1) is 35.4. The summed E-state index contributed by atoms with van der Waals surface area (Å²) in [4.78, 5) is 16.1. The van der Waals surface area contributed by atoms with Crippen molar-refractivity contribution in [3.8, 4) is 0 Å². The molecular formula is C65H156Ba2N14Si2-2. The summed E-state index contributed by atoms with van der Waals surface area (Å²) in [5.41, 5.74) is 0. The molecule has 0 aromatic heterocycles. The van der Waals surface area contributed by atoms with Crippen molar-refractivity contribution in [1.82, 2.24) is 45.1 Å². The van der Waals surface area contributed by atoms with Crippen molar-refractivity contribution in [2.75, 3.05) is 14.1 Å². The minimum atomic E-state index is -0.981. The van der Waals surface area contributed by atoms with Gasteiger partial charge in [-0.3, -0.25) is 25.4 Å². The first-order valence-corrected chi connectivity index (χ1v) is 38.6. The Kier molecular flexibility index (Phi) is 73.6. The largest absolute Gasteiger partial charge is 2.00 e. The van der Waals surface area contributed by atoms with Crippen LogP contribution in [0, 0.1) is 14.9 Å². The van der Waals surface area contributed by atoms with Crippen molar-refractivity contribution in [2.45, 2.75) is 396 Å². The summed E-state index contributed by atoms with van der Waals surface area (Å²) in [6, 6.07) is 7.98. The molecule has 0 saturated heterocycles. The van der Waals surface area contributed by atoms with Crippen LogP contribution in [0.1, 0.15) is 235 Å². The number of aliphatic imine (C=N–C) groups is 1. The van der Waals surface area contributed by atoms with E-state index in [4.69, 9.17) is 21.3 Å². The zero-order chi connectivity index (χ0) is 64.4. The van der Waals surface area contributed by atoms with Crippen LogP contribution < -0.4 is 20.6 Å². The van der Waals surface area contributed by atoms with Crippen molar-refractivity contribution in [3.05, 3.63) is 36.1 Å². The van der Waals surface area contributed by atoms with Gasteiger partial charge in [0.2, 0.25) is 0 Å². The summed E-state index contributed by atoms with van der Waals surface area (Å²) in [6.07, 6.45) is 0.250. The average Bonchev–Trinajstić information content (AvgIpc) is 3.14. The van der Waals surface area contributed by atoms with E-state index in [1.54, 1.807) is 0 Å². The molecule has 0 saturated carbocycles. The summed E-state index contributed by atoms with van der Waals surface area (Å²) in [5.74, 6) is 0.958. The molecule has 0 amide bonds. The SMILES string of the molecule is CC(C)N(C(C)C)C(C)C.CC(C)N=C(NC(C)C)N(C)C.CC(C)NC(NC(C)C)N(C(C)C)C(C)C.CC(C)[N-]C([N-]C(C)C)N(C(C)C)C(C)C.CC(C)[N-]C([N-]C(C)C)N(C(C)C)C(C)C.C[Si](C)(C)N[Si](C)(C)C.[Ba+2].[Ba+2].[CH3-].[CH3-]. The van der Waals surface area contributed by atoms with Crippen molar-refractivity contribution in [3.63, 3.8) is 0 Å². The van der Waals surface area contributed by atoms with Crippen LogP contribution in [0.3, 0.4) is 0 Å². The zero-order valence-electron chi connectivity index (χ0n) is 64.9. The van der Waals surface area contributed by atoms with E-state index in [1.807, 2.05) is 19.0 Å². The molecule has 0 aromatic rings. The fraction of sp³-hybridized carbons (Fsp3) is 0.954. The molecule has 0 bridgehead atoms. The maximum absolute atomic E-state index is 4.72. The van der Waals surface area contributed by atoms with Gasteiger partial charge in [0, 0.05) is 92.6 Å². The van der Waals surface area contributed by atoms with Gasteiger partial charge in [-0.25, -0.2) is 0 Å². The van der Waals surface area contributed by atoms with Gasteiger partial charge in [0.1, 0.15) is 22.8 Å². The predicted octanol–water partition coefficient (Wildman–Crippen LogP) is 16.5. The monoisotopic (exact) mass is 1470 g/mol. The molecule has 0 aliphatic heterocycles. The number of hydrogen-bond acceptors (Lipinski definition) is 8. The van der Waals surface area contributed by atoms with Crippen molar-refractivity contribution in [1.29, 1.82) is 0 Å². The van der Waals surface area contributed by atoms with Crippen LogP contribution in [0.15, 0.2) is 4.99 Å². The van der Waals surface area contributed by atoms with E-state index in [9.17, 15) is 0 Å². The smallest absolute Gasteiger partial charge is 0.663 e. The van der Waals surface area contributed by atoms with E-state index in [0.717, 1.165) is 5.96 Å². The van der Waals surface area contributed by atoms with E-state index in [0.29, 0.717) is 103 Å². The molecule has 0 heterocycles. The second kappa shape index (κ2) is 57.1. The molecule has 0 aliphatic rings. The maximum atomic E-state index is 4.72. The van der Waals surface area contributed by atoms with Crippen molar-refractivity contribution in [2.24, 2.45) is 4.99 Å². The predicted molar refractivity (Wildman–Crippen MR) is 394 cm³/mol. The first kappa shape index (κ1) is 107. The Balaban J connectivity index is -0.0000000965. The standard InChI is InChI=1S/C13H31N3.2C13H29N3.C9H21N3.C9H21N.C6H19NSi2.2CH3.2Ba/c3*1-9(2)14-13(15-10(3)4)16(11(5)6)12(7)8;1-7(2)10-9(12(5)6)11-8(3)4;1-7(2)10(8(3)4)9(5)6;1-8(2,3)7-9(4,5)6;;;;/h9-15H,1-8H3;2*9-13H,1-8H3;7-8H,1-6H3,(H,10,11);7-9H,1-6H3;7H,1-6H3;2*1H3;;/q;2*-2;;;;2*-1;2*+2. The normalized spacial score (nSPS) is 12.4. The quantitative estimate of drug-likeness (QED) is 0.0199. The number of hydrogen-bond donors (Lipinski definition) is 4. The van der Waals surface area contributed by atoms with Gasteiger partial charge in [0.15, 0.2) is 5.96 Å². The van der Waals surface area contributed by atoms with Gasteiger partial charge >= 0.3 is 97.8 Å². The Morgan fingerprint density at radius 3 is 0.663 bits per heavy atom. The van der Waals surface area contributed by atoms with Gasteiger partial charge < -0.3 is 60.8 Å². The molecule has 0 spiro atoms. The molecule has 0 aromatic carbocycles. The maximum Gasteiger partial charge on any atom is 2.00 e. The summed E-state index contributed by atoms with van der Waals surface area (Å²) in [6.45, 7) is 88.3. The minimum Gasteiger partial charge on any atom is -0.663 e. The second-order valence-electron chi connectivity index (χ2n) is 28.7. The number of rotatable bonds is 28. The van der Waals surface area contributed by atoms with Gasteiger partial charge in [-0.05, 0) is 180 Å². The van der Waals surface area contributed by atoms with Gasteiger partial charge in [-0.15, -0.1) is 24.2 Å². The van der Waals surface area contributed by atoms with Crippen LogP contribution in [-0.4, -0.2) is 280 Å². The third-order valence-corrected chi connectivity index (χ3v) is 16.9. The van der Waals surface area contributed by atoms with Gasteiger partial charge in [-0.1, -0.05) is 94.7 Å². The Morgan fingerprint density at radius 1 is 0.337 bits per heavy atom. The van der Waals surface area contributed by atoms with Crippen LogP contribution in [0.4, 0.5) is 0 Å². The minimum absolute atomic E-state index is 0. The molecule has 0 aliphatic carbocycles. The number of nitrogens with one attached hydrogen (secondary N) is 4. The fourth-order valence-electron chi connectivity index (χ4n) is 9.45. The van der Waals surface area contributed by atoms with Gasteiger partial charge in [0.25, 0.3) is 0 Å². The Hall–Kier alpha value is 2.41. The van der Waals surface area contributed by atoms with E-state index >= 15 is 0 Å². The number of guanidine groups is 1. The van der Waals surface area contributed by atoms with E-state index in [-0.39, 0.29) is 131 Å². The average molecular weight is 1460 g/mol. The van der Waals surface area contributed by atoms with E-state index < -0.39 is 16.5 Å². The van der Waals surface area contributed by atoms with Crippen molar-refractivity contribution >= 4 is 120 Å². The van der Waals surface area contributed by atoms with Crippen LogP contribution in [0.5, 0.6) is 0 Å². The second-order valence-corrected chi connectivity index (χ2v) is 38.7. The third kappa shape index (κ3) is 67.1. The van der Waals surface area contributed by atoms with Crippen LogP contribution >= 0.6 is 0 Å². The van der Waals surface area contributed by atoms with E-state index in [2.05, 4.69) is 320 Å². The summed E-state index contributed by atoms with van der Waals surface area (Å²) in [5, 5.41) is 29.3. The first-order valence-electron chi connectivity index (χ1n) is 31.6. The molecular weight excluding hydrogens is 1310 g/mol. The molecule has 0 atom stereocenters. The molecule has 4 N–H and O–H groups in total. The molecule has 83 heavy (non-hydrogen) atoms. The third-order valence-electron chi connectivity index (χ3n) is 10.9. The molecule has 14 nitrogen and oxygen atoms in total. The van der Waals surface area contributed by atoms with Crippen LogP contribution in [-0.2, 0) is 0 Å². The zero-order valence-corrected chi connectivity index (χ0v) is 75.8. The van der Waals surface area contributed by atoms with Gasteiger partial charge in [-0.2, -0.15) is 12.6 Å². The molecule has 500 valence electrons. The topological polar surface area (TPSA) is 133 Å². The summed E-state index contributed by atoms with van der Waals surface area (Å²) >= 11 is 0. The van der Waals surface area contributed by atoms with Gasteiger partial charge in [0.05, 0.1) is 0 Å². The molecule has 0 unspecified atom stereocenters. The molecule has 0 fully saturated rings. The molecule has 18 heteroatoms. The summed E-state index contributed by atoms with van der Waals surface area (Å²) in [7, 11) is 2.03.